The van der Waals surface area contributed by atoms with Crippen LogP contribution in [0.4, 0.5) is 0 Å². The van der Waals surface area contributed by atoms with Gasteiger partial charge in [0.1, 0.15) is 0 Å². The number of nitrogens with zero attached hydrogens (tertiary/aromatic N) is 1. The Balaban J connectivity index is -0.000000212. The van der Waals surface area contributed by atoms with Crippen LogP contribution in [0.2, 0.25) is 0 Å². The van der Waals surface area contributed by atoms with Gasteiger partial charge in [0.25, 0.3) is 0 Å². The summed E-state index contributed by atoms with van der Waals surface area (Å²) in [4.78, 5) is 10.3. The monoisotopic (exact) mass is 249 g/mol. The smallest absolute Gasteiger partial charge is 0.330 e. The molecule has 0 aliphatic rings. The molecule has 0 spiro atoms. The fourth-order valence-corrected chi connectivity index (χ4v) is 0.376. The molecule has 0 atom stereocenters. The molecule has 0 heterocycles. The van der Waals surface area contributed by atoms with Crippen molar-refractivity contribution in [3.8, 4) is 6.07 Å². The lowest BCUT2D eigenvalue weighted by Gasteiger charge is -1.97. The number of rotatable bonds is 5. The quantitative estimate of drug-likeness (QED) is 0.243. The zero-order valence-electron chi connectivity index (χ0n) is 11.4. The van der Waals surface area contributed by atoms with Crippen LogP contribution in [0.15, 0.2) is 50.1 Å². The third-order valence-corrected chi connectivity index (χ3v) is 1.35. The van der Waals surface area contributed by atoms with Gasteiger partial charge in [-0.2, -0.15) is 5.26 Å². The first-order valence-corrected chi connectivity index (χ1v) is 5.57. The topological polar surface area (TPSA) is 50.1 Å². The van der Waals surface area contributed by atoms with Crippen molar-refractivity contribution in [2.45, 2.75) is 26.7 Å². The second-order valence-corrected chi connectivity index (χ2v) is 3.11. The molecule has 0 radical (unpaired) electrons. The summed E-state index contributed by atoms with van der Waals surface area (Å²) < 4.78 is 4.67. The minimum atomic E-state index is -0.330. The molecule has 0 amide bonds. The summed E-state index contributed by atoms with van der Waals surface area (Å²) in [5.74, 6) is -0.330. The van der Waals surface area contributed by atoms with E-state index in [1.807, 2.05) is 13.8 Å². The van der Waals surface area contributed by atoms with Crippen LogP contribution in [0.5, 0.6) is 0 Å². The highest BCUT2D eigenvalue weighted by Crippen LogP contribution is 1.88. The van der Waals surface area contributed by atoms with E-state index >= 15 is 0 Å². The second-order valence-electron chi connectivity index (χ2n) is 3.11. The summed E-state index contributed by atoms with van der Waals surface area (Å²) in [6.45, 7) is 17.9. The summed E-state index contributed by atoms with van der Waals surface area (Å²) in [5, 5.41) is 7.51. The lowest BCUT2D eigenvalue weighted by molar-refractivity contribution is -0.137. The molecule has 3 nitrogen and oxygen atoms in total. The Morgan fingerprint density at radius 2 is 1.78 bits per heavy atom. The number of carbonyl (C=O) groups excluding carboxylic acids is 1. The standard InChI is InChI=1S/C7H12O2.C5H8.C3H3N/c1-3-5-6-9-7(8)4-2;1-4-5(2)3;1-2-3-4/h4H,2-3,5-6H2,1H3;4H,1-2H2,3H3;2H,1H2. The van der Waals surface area contributed by atoms with E-state index in [-0.39, 0.29) is 5.97 Å². The van der Waals surface area contributed by atoms with E-state index in [2.05, 4.69) is 31.1 Å². The second kappa shape index (κ2) is 20.3. The molecule has 0 bridgehead atoms. The first-order chi connectivity index (χ1) is 8.49. The maximum absolute atomic E-state index is 10.3. The fraction of sp³-hybridized carbons (Fsp3) is 0.333. The number of allylic oxidation sites excluding steroid dienone is 3. The average molecular weight is 249 g/mol. The summed E-state index contributed by atoms with van der Waals surface area (Å²) in [6.07, 6.45) is 6.06. The number of hydrogen-bond acceptors (Lipinski definition) is 3. The Bertz CT molecular complexity index is 298. The number of carbonyl (C=O) groups is 1. The molecular formula is C15H23NO2. The van der Waals surface area contributed by atoms with Crippen molar-refractivity contribution in [1.29, 1.82) is 5.26 Å². The molecule has 0 aromatic heterocycles. The van der Waals surface area contributed by atoms with Crippen molar-refractivity contribution in [2.75, 3.05) is 6.61 Å². The van der Waals surface area contributed by atoms with Gasteiger partial charge in [0.05, 0.1) is 12.7 Å². The van der Waals surface area contributed by atoms with E-state index in [4.69, 9.17) is 5.26 Å². The van der Waals surface area contributed by atoms with Gasteiger partial charge in [-0.05, 0) is 13.3 Å². The number of nitriles is 1. The van der Waals surface area contributed by atoms with Gasteiger partial charge in [-0.15, -0.1) is 0 Å². The molecule has 0 aromatic rings. The zero-order chi connectivity index (χ0) is 14.8. The van der Waals surface area contributed by atoms with Gasteiger partial charge in [0, 0.05) is 12.2 Å². The number of unbranched alkanes of at least 4 members (excludes halogenated alkanes) is 1. The van der Waals surface area contributed by atoms with Crippen LogP contribution in [0.1, 0.15) is 26.7 Å². The SMILES string of the molecule is C=CC#N.C=CC(=C)C.C=CC(=O)OCCCC. The van der Waals surface area contributed by atoms with Crippen LogP contribution >= 0.6 is 0 Å². The Morgan fingerprint density at radius 1 is 1.33 bits per heavy atom. The summed E-state index contributed by atoms with van der Waals surface area (Å²) >= 11 is 0. The first-order valence-electron chi connectivity index (χ1n) is 5.57. The molecule has 3 heteroatoms. The third-order valence-electron chi connectivity index (χ3n) is 1.35. The minimum absolute atomic E-state index is 0.330. The lowest BCUT2D eigenvalue weighted by atomic mass is 10.4. The Hall–Kier alpha value is -2.08. The van der Waals surface area contributed by atoms with Crippen molar-refractivity contribution in [3.63, 3.8) is 0 Å². The van der Waals surface area contributed by atoms with E-state index in [1.54, 1.807) is 12.1 Å². The normalized spacial score (nSPS) is 6.94. The van der Waals surface area contributed by atoms with E-state index < -0.39 is 0 Å². The van der Waals surface area contributed by atoms with Gasteiger partial charge >= 0.3 is 5.97 Å². The molecule has 0 unspecified atom stereocenters. The molecule has 0 fully saturated rings. The molecule has 0 rings (SSSR count). The van der Waals surface area contributed by atoms with Crippen LogP contribution in [0.25, 0.3) is 0 Å². The maximum atomic E-state index is 10.3. The summed E-state index contributed by atoms with van der Waals surface area (Å²) in [6, 6.07) is 1.69. The summed E-state index contributed by atoms with van der Waals surface area (Å²) in [5.41, 5.74) is 1.02. The van der Waals surface area contributed by atoms with Gasteiger partial charge < -0.3 is 4.74 Å². The fourth-order valence-electron chi connectivity index (χ4n) is 0.376. The molecule has 0 aliphatic heterocycles. The van der Waals surface area contributed by atoms with Gasteiger partial charge in [0.2, 0.25) is 0 Å². The van der Waals surface area contributed by atoms with Gasteiger partial charge in [-0.3, -0.25) is 0 Å². The largest absolute Gasteiger partial charge is 0.463 e. The van der Waals surface area contributed by atoms with Crippen molar-refractivity contribution >= 4 is 5.97 Å². The van der Waals surface area contributed by atoms with Crippen molar-refractivity contribution in [1.82, 2.24) is 0 Å². The molecule has 0 saturated heterocycles. The third kappa shape index (κ3) is 37.0. The first kappa shape index (κ1) is 21.2. The molecule has 18 heavy (non-hydrogen) atoms. The number of hydrogen-bond donors (Lipinski definition) is 0. The van der Waals surface area contributed by atoms with Crippen LogP contribution < -0.4 is 0 Å². The number of esters is 1. The zero-order valence-corrected chi connectivity index (χ0v) is 11.4. The maximum Gasteiger partial charge on any atom is 0.330 e. The number of ether oxygens (including phenoxy) is 1. The van der Waals surface area contributed by atoms with Crippen LogP contribution in [0.3, 0.4) is 0 Å². The van der Waals surface area contributed by atoms with Crippen LogP contribution in [-0.4, -0.2) is 12.6 Å². The Morgan fingerprint density at radius 3 is 2.00 bits per heavy atom. The van der Waals surface area contributed by atoms with E-state index in [0.29, 0.717) is 6.61 Å². The van der Waals surface area contributed by atoms with Crippen molar-refractivity contribution in [3.05, 3.63) is 50.1 Å². The van der Waals surface area contributed by atoms with Gasteiger partial charge in [0.15, 0.2) is 0 Å². The molecule has 0 aliphatic carbocycles. The molecule has 0 N–H and O–H groups in total. The summed E-state index contributed by atoms with van der Waals surface area (Å²) in [7, 11) is 0. The average Bonchev–Trinajstić information content (AvgIpc) is 2.39. The highest BCUT2D eigenvalue weighted by Gasteiger charge is 1.91. The van der Waals surface area contributed by atoms with Gasteiger partial charge in [-0.1, -0.05) is 51.3 Å². The van der Waals surface area contributed by atoms with E-state index in [1.165, 1.54) is 12.2 Å². The molecule has 0 saturated carbocycles. The molecule has 100 valence electrons. The van der Waals surface area contributed by atoms with Crippen LogP contribution in [-0.2, 0) is 9.53 Å². The molecular weight excluding hydrogens is 226 g/mol. The Kier molecular flexibility index (Phi) is 24.0. The van der Waals surface area contributed by atoms with Crippen LogP contribution in [0, 0.1) is 11.3 Å². The van der Waals surface area contributed by atoms with Crippen molar-refractivity contribution < 1.29 is 9.53 Å². The molecule has 0 aromatic carbocycles. The van der Waals surface area contributed by atoms with E-state index in [9.17, 15) is 4.79 Å². The predicted molar refractivity (Wildman–Crippen MR) is 76.9 cm³/mol. The predicted octanol–water partition coefficient (Wildman–Crippen LogP) is 3.96. The minimum Gasteiger partial charge on any atom is -0.463 e. The lowest BCUT2D eigenvalue weighted by Crippen LogP contribution is -2.00. The van der Waals surface area contributed by atoms with E-state index in [0.717, 1.165) is 18.4 Å². The highest BCUT2D eigenvalue weighted by atomic mass is 16.5. The van der Waals surface area contributed by atoms with Crippen molar-refractivity contribution in [2.24, 2.45) is 0 Å². The van der Waals surface area contributed by atoms with Gasteiger partial charge in [-0.25, -0.2) is 4.79 Å². The highest BCUT2D eigenvalue weighted by molar-refractivity contribution is 5.81. The Labute approximate surface area is 111 Å².